The number of carbonyl (C=O) groups excluding carboxylic acids is 1. The van der Waals surface area contributed by atoms with Crippen LogP contribution in [-0.2, 0) is 4.79 Å². The molecule has 0 radical (unpaired) electrons. The molecule has 0 aliphatic heterocycles. The summed E-state index contributed by atoms with van der Waals surface area (Å²) in [6.45, 7) is 0.537. The van der Waals surface area contributed by atoms with Crippen molar-refractivity contribution >= 4 is 22.9 Å². The van der Waals surface area contributed by atoms with Crippen LogP contribution in [0.15, 0.2) is 47.2 Å². The van der Waals surface area contributed by atoms with E-state index in [2.05, 4.69) is 10.6 Å². The van der Waals surface area contributed by atoms with Crippen LogP contribution in [0.25, 0.3) is 0 Å². The van der Waals surface area contributed by atoms with Crippen LogP contribution in [0, 0.1) is 0 Å². The van der Waals surface area contributed by atoms with Crippen LogP contribution in [0.1, 0.15) is 11.7 Å². The molecule has 1 atom stereocenters. The fourth-order valence-corrected chi connectivity index (χ4v) is 2.34. The number of amides is 1. The average molecular weight is 276 g/mol. The van der Waals surface area contributed by atoms with Gasteiger partial charge in [-0.15, -0.1) is 0 Å². The quantitative estimate of drug-likeness (QED) is 0.756. The Morgan fingerprint density at radius 1 is 1.26 bits per heavy atom. The van der Waals surface area contributed by atoms with Gasteiger partial charge in [-0.2, -0.15) is 11.3 Å². The number of aliphatic hydroxyl groups excluding tert-OH is 1. The van der Waals surface area contributed by atoms with Gasteiger partial charge in [-0.05, 0) is 34.5 Å². The number of rotatable bonds is 6. The lowest BCUT2D eigenvalue weighted by atomic mass is 10.2. The Bertz CT molecular complexity index is 499. The first-order valence-corrected chi connectivity index (χ1v) is 6.96. The first-order chi connectivity index (χ1) is 9.25. The standard InChI is InChI=1S/C14H16N2O2S/c17-13(11-6-7-19-10-11)8-15-9-14(18)16-12-4-2-1-3-5-12/h1-7,10,13,15,17H,8-9H2,(H,16,18). The normalized spacial score (nSPS) is 12.1. The van der Waals surface area contributed by atoms with Gasteiger partial charge in [0, 0.05) is 12.2 Å². The van der Waals surface area contributed by atoms with E-state index in [9.17, 15) is 9.90 Å². The number of carbonyl (C=O) groups is 1. The van der Waals surface area contributed by atoms with Crippen LogP contribution in [-0.4, -0.2) is 24.1 Å². The zero-order valence-corrected chi connectivity index (χ0v) is 11.2. The van der Waals surface area contributed by atoms with Crippen molar-refractivity contribution in [2.45, 2.75) is 6.10 Å². The summed E-state index contributed by atoms with van der Waals surface area (Å²) in [5.41, 5.74) is 1.65. The zero-order valence-electron chi connectivity index (χ0n) is 10.4. The van der Waals surface area contributed by atoms with Gasteiger partial charge < -0.3 is 15.7 Å². The predicted octanol–water partition coefficient (Wildman–Crippen LogP) is 2.01. The second kappa shape index (κ2) is 7.04. The number of hydrogen-bond acceptors (Lipinski definition) is 4. The van der Waals surface area contributed by atoms with E-state index >= 15 is 0 Å². The fourth-order valence-electron chi connectivity index (χ4n) is 1.63. The number of para-hydroxylation sites is 1. The molecule has 100 valence electrons. The van der Waals surface area contributed by atoms with E-state index in [-0.39, 0.29) is 12.5 Å². The average Bonchev–Trinajstić information content (AvgIpc) is 2.93. The third kappa shape index (κ3) is 4.48. The highest BCUT2D eigenvalue weighted by atomic mass is 32.1. The third-order valence-corrected chi connectivity index (χ3v) is 3.31. The first kappa shape index (κ1) is 13.7. The maximum atomic E-state index is 11.6. The van der Waals surface area contributed by atoms with Crippen molar-refractivity contribution in [3.63, 3.8) is 0 Å². The van der Waals surface area contributed by atoms with Crippen molar-refractivity contribution < 1.29 is 9.90 Å². The summed E-state index contributed by atoms with van der Waals surface area (Å²) in [6.07, 6.45) is -0.573. The summed E-state index contributed by atoms with van der Waals surface area (Å²) in [5, 5.41) is 19.3. The Hall–Kier alpha value is -1.69. The minimum atomic E-state index is -0.573. The number of hydrogen-bond donors (Lipinski definition) is 3. The van der Waals surface area contributed by atoms with Gasteiger partial charge in [0.05, 0.1) is 12.6 Å². The predicted molar refractivity (Wildman–Crippen MR) is 77.2 cm³/mol. The van der Waals surface area contributed by atoms with Crippen molar-refractivity contribution in [2.24, 2.45) is 0 Å². The lowest BCUT2D eigenvalue weighted by molar-refractivity contribution is -0.115. The highest BCUT2D eigenvalue weighted by Crippen LogP contribution is 2.14. The van der Waals surface area contributed by atoms with Gasteiger partial charge in [0.1, 0.15) is 0 Å². The fraction of sp³-hybridized carbons (Fsp3) is 0.214. The number of aliphatic hydroxyl groups is 1. The SMILES string of the molecule is O=C(CNCC(O)c1ccsc1)Nc1ccccc1. The molecule has 0 fully saturated rings. The van der Waals surface area contributed by atoms with Crippen LogP contribution < -0.4 is 10.6 Å². The number of anilines is 1. The molecule has 2 rings (SSSR count). The van der Waals surface area contributed by atoms with E-state index in [4.69, 9.17) is 0 Å². The molecule has 0 saturated carbocycles. The summed E-state index contributed by atoms with van der Waals surface area (Å²) < 4.78 is 0. The van der Waals surface area contributed by atoms with Crippen LogP contribution in [0.4, 0.5) is 5.69 Å². The van der Waals surface area contributed by atoms with E-state index in [0.717, 1.165) is 11.3 Å². The van der Waals surface area contributed by atoms with Gasteiger partial charge in [0.15, 0.2) is 0 Å². The molecule has 1 amide bonds. The third-order valence-electron chi connectivity index (χ3n) is 2.61. The zero-order chi connectivity index (χ0) is 13.5. The van der Waals surface area contributed by atoms with Gasteiger partial charge in [0.25, 0.3) is 0 Å². The monoisotopic (exact) mass is 276 g/mol. The molecule has 3 N–H and O–H groups in total. The number of nitrogens with one attached hydrogen (secondary N) is 2. The summed E-state index contributed by atoms with van der Waals surface area (Å²) in [7, 11) is 0. The summed E-state index contributed by atoms with van der Waals surface area (Å²) >= 11 is 1.54. The molecule has 19 heavy (non-hydrogen) atoms. The molecular formula is C14H16N2O2S. The highest BCUT2D eigenvalue weighted by Gasteiger charge is 2.08. The largest absolute Gasteiger partial charge is 0.387 e. The lowest BCUT2D eigenvalue weighted by Crippen LogP contribution is -2.31. The van der Waals surface area contributed by atoms with Crippen molar-refractivity contribution in [2.75, 3.05) is 18.4 Å². The molecule has 0 saturated heterocycles. The van der Waals surface area contributed by atoms with Crippen molar-refractivity contribution in [1.82, 2.24) is 5.32 Å². The van der Waals surface area contributed by atoms with E-state index < -0.39 is 6.10 Å². The van der Waals surface area contributed by atoms with Gasteiger partial charge >= 0.3 is 0 Å². The molecule has 1 heterocycles. The molecule has 4 nitrogen and oxygen atoms in total. The molecule has 0 aliphatic carbocycles. The number of thiophene rings is 1. The Kier molecular flexibility index (Phi) is 5.09. The van der Waals surface area contributed by atoms with E-state index in [1.165, 1.54) is 0 Å². The van der Waals surface area contributed by atoms with Crippen LogP contribution in [0.2, 0.25) is 0 Å². The minimum Gasteiger partial charge on any atom is -0.387 e. The van der Waals surface area contributed by atoms with Gasteiger partial charge in [-0.1, -0.05) is 18.2 Å². The molecule has 2 aromatic rings. The molecule has 1 unspecified atom stereocenters. The van der Waals surface area contributed by atoms with E-state index in [1.54, 1.807) is 11.3 Å². The van der Waals surface area contributed by atoms with Gasteiger partial charge in [0.2, 0.25) is 5.91 Å². The maximum Gasteiger partial charge on any atom is 0.238 e. The summed E-state index contributed by atoms with van der Waals surface area (Å²) in [5.74, 6) is -0.122. The van der Waals surface area contributed by atoms with Crippen molar-refractivity contribution in [1.29, 1.82) is 0 Å². The Morgan fingerprint density at radius 3 is 2.74 bits per heavy atom. The van der Waals surface area contributed by atoms with Crippen LogP contribution >= 0.6 is 11.3 Å². The molecule has 0 aliphatic rings. The summed E-state index contributed by atoms with van der Waals surface area (Å²) in [4.78, 5) is 11.6. The first-order valence-electron chi connectivity index (χ1n) is 6.01. The molecule has 0 bridgehead atoms. The van der Waals surface area contributed by atoms with Gasteiger partial charge in [-0.3, -0.25) is 4.79 Å². The lowest BCUT2D eigenvalue weighted by Gasteiger charge is -2.10. The van der Waals surface area contributed by atoms with Crippen molar-refractivity contribution in [3.8, 4) is 0 Å². The molecule has 5 heteroatoms. The Balaban J connectivity index is 1.70. The second-order valence-corrected chi connectivity index (χ2v) is 4.90. The van der Waals surface area contributed by atoms with Gasteiger partial charge in [-0.25, -0.2) is 0 Å². The van der Waals surface area contributed by atoms with Crippen LogP contribution in [0.5, 0.6) is 0 Å². The number of benzene rings is 1. The molecule has 1 aromatic heterocycles. The van der Waals surface area contributed by atoms with E-state index in [0.29, 0.717) is 6.54 Å². The van der Waals surface area contributed by atoms with E-state index in [1.807, 2.05) is 47.2 Å². The maximum absolute atomic E-state index is 11.6. The van der Waals surface area contributed by atoms with Crippen LogP contribution in [0.3, 0.4) is 0 Å². The van der Waals surface area contributed by atoms with Crippen molar-refractivity contribution in [3.05, 3.63) is 52.7 Å². The Morgan fingerprint density at radius 2 is 2.05 bits per heavy atom. The smallest absolute Gasteiger partial charge is 0.238 e. The Labute approximate surface area is 116 Å². The topological polar surface area (TPSA) is 61.4 Å². The highest BCUT2D eigenvalue weighted by molar-refractivity contribution is 7.07. The molecule has 0 spiro atoms. The minimum absolute atomic E-state index is 0.122. The molecule has 1 aromatic carbocycles. The molecular weight excluding hydrogens is 260 g/mol. The summed E-state index contributed by atoms with van der Waals surface area (Å²) in [6, 6.07) is 11.2. The second-order valence-electron chi connectivity index (χ2n) is 4.12.